The standard InChI is InChI=1S/C25H30N4O2.2C2H6/c1-17(26-2)24(30)28-22(15-18-9-4-3-5-10-18)25(31)29-14-8-13-23(29)21-16-19-11-6-7-12-20(19)27-21;2*1-2/h3-7,9-12,17,22-23,26H,8,13-16H2,1-2H3,(H,28,30);2*1-2H3/t17-,22-,23?;;/m0../s1. The molecule has 0 aromatic heterocycles. The van der Waals surface area contributed by atoms with Crippen molar-refractivity contribution in [2.45, 2.75) is 78.4 Å². The number of para-hydroxylation sites is 1. The Kier molecular flexibility index (Phi) is 11.6. The van der Waals surface area contributed by atoms with Crippen molar-refractivity contribution >= 4 is 23.2 Å². The summed E-state index contributed by atoms with van der Waals surface area (Å²) in [6.07, 6.45) is 3.12. The minimum atomic E-state index is -0.601. The molecule has 190 valence electrons. The monoisotopic (exact) mass is 478 g/mol. The zero-order valence-corrected chi connectivity index (χ0v) is 22.2. The normalized spacial score (nSPS) is 17.6. The zero-order chi connectivity index (χ0) is 25.8. The van der Waals surface area contributed by atoms with Gasteiger partial charge in [-0.3, -0.25) is 14.6 Å². The van der Waals surface area contributed by atoms with Crippen LogP contribution >= 0.6 is 0 Å². The quantitative estimate of drug-likeness (QED) is 0.606. The number of fused-ring (bicyclic) bond motifs is 1. The summed E-state index contributed by atoms with van der Waals surface area (Å²) in [6.45, 7) is 10.5. The largest absolute Gasteiger partial charge is 0.343 e. The first-order valence-electron chi connectivity index (χ1n) is 13.0. The Morgan fingerprint density at radius 3 is 2.34 bits per heavy atom. The third kappa shape index (κ3) is 7.25. The number of hydrogen-bond donors (Lipinski definition) is 2. The lowest BCUT2D eigenvalue weighted by atomic mass is 10.0. The summed E-state index contributed by atoms with van der Waals surface area (Å²) in [5.41, 5.74) is 4.31. The third-order valence-corrected chi connectivity index (χ3v) is 6.27. The van der Waals surface area contributed by atoms with E-state index in [0.717, 1.165) is 36.2 Å². The van der Waals surface area contributed by atoms with E-state index in [-0.39, 0.29) is 23.9 Å². The summed E-state index contributed by atoms with van der Waals surface area (Å²) in [5.74, 6) is -0.195. The SMILES string of the molecule is CC.CC.CN[C@@H](C)C(=O)N[C@@H](Cc1ccccc1)C(=O)N1CCCC1C1=Nc2ccccc2C1. The summed E-state index contributed by atoms with van der Waals surface area (Å²) in [5, 5.41) is 5.94. The van der Waals surface area contributed by atoms with Gasteiger partial charge in [-0.2, -0.15) is 0 Å². The van der Waals surface area contributed by atoms with E-state index in [4.69, 9.17) is 4.99 Å². The summed E-state index contributed by atoms with van der Waals surface area (Å²) >= 11 is 0. The highest BCUT2D eigenvalue weighted by Gasteiger charge is 2.37. The van der Waals surface area contributed by atoms with E-state index in [2.05, 4.69) is 16.7 Å². The van der Waals surface area contributed by atoms with Crippen LogP contribution in [-0.2, 0) is 22.4 Å². The first kappa shape index (κ1) is 28.2. The molecule has 35 heavy (non-hydrogen) atoms. The van der Waals surface area contributed by atoms with Crippen LogP contribution < -0.4 is 10.6 Å². The molecule has 4 rings (SSSR count). The number of rotatable bonds is 7. The van der Waals surface area contributed by atoms with Crippen LogP contribution in [0.5, 0.6) is 0 Å². The van der Waals surface area contributed by atoms with Crippen LogP contribution in [0.2, 0.25) is 0 Å². The van der Waals surface area contributed by atoms with E-state index >= 15 is 0 Å². The molecule has 0 radical (unpaired) electrons. The van der Waals surface area contributed by atoms with Gasteiger partial charge < -0.3 is 15.5 Å². The molecule has 2 amide bonds. The van der Waals surface area contributed by atoms with Gasteiger partial charge in [-0.15, -0.1) is 0 Å². The maximum absolute atomic E-state index is 13.7. The van der Waals surface area contributed by atoms with E-state index in [1.807, 2.05) is 81.1 Å². The van der Waals surface area contributed by atoms with Gasteiger partial charge in [-0.25, -0.2) is 0 Å². The lowest BCUT2D eigenvalue weighted by Gasteiger charge is -2.30. The number of nitrogens with one attached hydrogen (secondary N) is 2. The Labute approximate surface area is 211 Å². The minimum absolute atomic E-state index is 0.00296. The topological polar surface area (TPSA) is 73.8 Å². The highest BCUT2D eigenvalue weighted by atomic mass is 16.2. The van der Waals surface area contributed by atoms with Gasteiger partial charge >= 0.3 is 0 Å². The number of aliphatic imine (C=N–C) groups is 1. The molecule has 1 unspecified atom stereocenters. The number of nitrogens with zero attached hydrogens (tertiary/aromatic N) is 2. The van der Waals surface area contributed by atoms with E-state index in [9.17, 15) is 9.59 Å². The molecule has 0 saturated carbocycles. The first-order chi connectivity index (χ1) is 17.1. The van der Waals surface area contributed by atoms with Crippen molar-refractivity contribution in [1.29, 1.82) is 0 Å². The molecule has 3 atom stereocenters. The Morgan fingerprint density at radius 2 is 1.69 bits per heavy atom. The first-order valence-corrected chi connectivity index (χ1v) is 13.0. The molecule has 6 heteroatoms. The van der Waals surface area contributed by atoms with Crippen LogP contribution in [0.15, 0.2) is 59.6 Å². The summed E-state index contributed by atoms with van der Waals surface area (Å²) in [7, 11) is 1.74. The van der Waals surface area contributed by atoms with Gasteiger partial charge in [0.1, 0.15) is 6.04 Å². The maximum atomic E-state index is 13.7. The lowest BCUT2D eigenvalue weighted by molar-refractivity contribution is -0.136. The van der Waals surface area contributed by atoms with Crippen molar-refractivity contribution in [3.05, 3.63) is 65.7 Å². The van der Waals surface area contributed by atoms with E-state index in [0.29, 0.717) is 13.0 Å². The fourth-order valence-corrected chi connectivity index (χ4v) is 4.41. The van der Waals surface area contributed by atoms with Gasteiger partial charge in [-0.05, 0) is 44.0 Å². The van der Waals surface area contributed by atoms with Crippen molar-refractivity contribution in [2.24, 2.45) is 4.99 Å². The lowest BCUT2D eigenvalue weighted by Crippen LogP contribution is -2.55. The van der Waals surface area contributed by atoms with E-state index < -0.39 is 6.04 Å². The Morgan fingerprint density at radius 1 is 1.03 bits per heavy atom. The summed E-state index contributed by atoms with van der Waals surface area (Å²) < 4.78 is 0. The van der Waals surface area contributed by atoms with Crippen molar-refractivity contribution in [2.75, 3.05) is 13.6 Å². The number of benzene rings is 2. The molecular formula is C29H42N4O2. The van der Waals surface area contributed by atoms with Crippen LogP contribution in [0.3, 0.4) is 0 Å². The van der Waals surface area contributed by atoms with Crippen molar-refractivity contribution in [3.8, 4) is 0 Å². The number of carbonyl (C=O) groups excluding carboxylic acids is 2. The molecule has 0 bridgehead atoms. The predicted octanol–water partition coefficient (Wildman–Crippen LogP) is 4.69. The van der Waals surface area contributed by atoms with Gasteiger partial charge in [-0.1, -0.05) is 76.2 Å². The number of hydrogen-bond acceptors (Lipinski definition) is 4. The van der Waals surface area contributed by atoms with Crippen LogP contribution in [-0.4, -0.2) is 54.1 Å². The van der Waals surface area contributed by atoms with E-state index in [1.54, 1.807) is 14.0 Å². The Hall–Kier alpha value is -2.99. The second kappa shape index (κ2) is 14.4. The molecule has 1 fully saturated rings. The maximum Gasteiger partial charge on any atom is 0.246 e. The van der Waals surface area contributed by atoms with Crippen LogP contribution in [0.25, 0.3) is 0 Å². The molecule has 0 spiro atoms. The fraction of sp³-hybridized carbons (Fsp3) is 0.483. The van der Waals surface area contributed by atoms with Gasteiger partial charge in [0.2, 0.25) is 11.8 Å². The number of carbonyl (C=O) groups is 2. The van der Waals surface area contributed by atoms with Crippen molar-refractivity contribution in [1.82, 2.24) is 15.5 Å². The fourth-order valence-electron chi connectivity index (χ4n) is 4.41. The zero-order valence-electron chi connectivity index (χ0n) is 22.2. The minimum Gasteiger partial charge on any atom is -0.343 e. The molecule has 1 saturated heterocycles. The van der Waals surface area contributed by atoms with Crippen molar-refractivity contribution < 1.29 is 9.59 Å². The van der Waals surface area contributed by atoms with E-state index in [1.165, 1.54) is 5.56 Å². The molecule has 2 heterocycles. The Balaban J connectivity index is 0.00000103. The van der Waals surface area contributed by atoms with Crippen LogP contribution in [0.1, 0.15) is 58.6 Å². The molecule has 2 aliphatic heterocycles. The van der Waals surface area contributed by atoms with Crippen LogP contribution in [0.4, 0.5) is 5.69 Å². The predicted molar refractivity (Wildman–Crippen MR) is 145 cm³/mol. The summed E-state index contributed by atoms with van der Waals surface area (Å²) in [4.78, 5) is 33.1. The van der Waals surface area contributed by atoms with Gasteiger partial charge in [0.15, 0.2) is 0 Å². The molecule has 2 aliphatic rings. The van der Waals surface area contributed by atoms with Gasteiger partial charge in [0.05, 0.1) is 17.8 Å². The molecule has 6 nitrogen and oxygen atoms in total. The highest BCUT2D eigenvalue weighted by molar-refractivity contribution is 6.01. The second-order valence-corrected chi connectivity index (χ2v) is 8.36. The second-order valence-electron chi connectivity index (χ2n) is 8.36. The molecule has 2 N–H and O–H groups in total. The third-order valence-electron chi connectivity index (χ3n) is 6.27. The number of likely N-dealkylation sites (tertiary alicyclic amines) is 1. The average Bonchev–Trinajstić information content (AvgIpc) is 3.57. The smallest absolute Gasteiger partial charge is 0.246 e. The highest BCUT2D eigenvalue weighted by Crippen LogP contribution is 2.31. The molecular weight excluding hydrogens is 436 g/mol. The molecule has 0 aliphatic carbocycles. The van der Waals surface area contributed by atoms with Gasteiger partial charge in [0.25, 0.3) is 0 Å². The number of amides is 2. The van der Waals surface area contributed by atoms with Crippen molar-refractivity contribution in [3.63, 3.8) is 0 Å². The molecule has 2 aromatic carbocycles. The molecule has 2 aromatic rings. The van der Waals surface area contributed by atoms with Gasteiger partial charge in [0, 0.05) is 25.1 Å². The summed E-state index contributed by atoms with van der Waals surface area (Å²) in [6, 6.07) is 17.0. The average molecular weight is 479 g/mol. The Bertz CT molecular complexity index is 974. The van der Waals surface area contributed by atoms with Crippen LogP contribution in [0, 0.1) is 0 Å². The number of likely N-dealkylation sites (N-methyl/N-ethyl adjacent to an activating group) is 1.